The number of pyridine rings is 1. The van der Waals surface area contributed by atoms with Gasteiger partial charge in [0.15, 0.2) is 6.61 Å². The maximum Gasteiger partial charge on any atom is 0.165 e. The van der Waals surface area contributed by atoms with Gasteiger partial charge in [0.1, 0.15) is 6.54 Å². The van der Waals surface area contributed by atoms with E-state index in [9.17, 15) is 0 Å². The largest absolute Gasteiger partial charge is 0.390 e. The molecule has 2 heterocycles. The number of quaternary nitrogens is 1. The Kier molecular flexibility index (Phi) is 5.33. The van der Waals surface area contributed by atoms with E-state index in [-0.39, 0.29) is 0 Å². The van der Waals surface area contributed by atoms with Crippen LogP contribution in [-0.4, -0.2) is 49.0 Å². The number of oxime groups is 1. The number of hydrogen-bond donors (Lipinski definition) is 0. The summed E-state index contributed by atoms with van der Waals surface area (Å²) >= 11 is 0. The predicted octanol–water partition coefficient (Wildman–Crippen LogP) is 2.45. The Hall–Kier alpha value is -1.42. The fourth-order valence-electron chi connectivity index (χ4n) is 2.53. The van der Waals surface area contributed by atoms with Crippen LogP contribution in [0.3, 0.4) is 0 Å². The molecule has 0 saturated carbocycles. The van der Waals surface area contributed by atoms with Gasteiger partial charge in [0, 0.05) is 6.20 Å². The first kappa shape index (κ1) is 14.0. The molecule has 0 N–H and O–H groups in total. The molecule has 4 heteroatoms. The maximum absolute atomic E-state index is 5.36. The van der Waals surface area contributed by atoms with Crippen molar-refractivity contribution < 1.29 is 9.32 Å². The third kappa shape index (κ3) is 4.99. The average molecular weight is 262 g/mol. The molecule has 0 bridgehead atoms. The summed E-state index contributed by atoms with van der Waals surface area (Å²) in [5, 5.41) is 3.98. The molecule has 0 spiro atoms. The molecule has 0 aromatic carbocycles. The first-order valence-corrected chi connectivity index (χ1v) is 7.18. The van der Waals surface area contributed by atoms with Gasteiger partial charge in [0.2, 0.25) is 0 Å². The Bertz CT molecular complexity index is 384. The molecule has 1 aliphatic heterocycles. The highest BCUT2D eigenvalue weighted by molar-refractivity contribution is 5.76. The zero-order valence-corrected chi connectivity index (χ0v) is 11.8. The molecule has 0 unspecified atom stereocenters. The molecule has 0 radical (unpaired) electrons. The Morgan fingerprint density at radius 1 is 1.26 bits per heavy atom. The lowest BCUT2D eigenvalue weighted by Gasteiger charge is -2.32. The van der Waals surface area contributed by atoms with Gasteiger partial charge in [-0.2, -0.15) is 0 Å². The van der Waals surface area contributed by atoms with E-state index in [0.29, 0.717) is 6.61 Å². The molecular formula is C15H24N3O+. The van der Waals surface area contributed by atoms with Gasteiger partial charge in [-0.05, 0) is 37.8 Å². The standard InChI is InChI=1S/C15H24N3O/c1-18(10-6-2-3-7-11-18)12-13-19-17-14-15-8-4-5-9-16-15/h4-5,8-9,14H,2-3,6-7,10-13H2,1H3/q+1/b17-14-. The van der Waals surface area contributed by atoms with E-state index in [0.717, 1.165) is 16.7 Å². The fraction of sp³-hybridized carbons (Fsp3) is 0.600. The monoisotopic (exact) mass is 262 g/mol. The SMILES string of the molecule is C[N+]1(CCO/N=C\c2ccccn2)CCCCCC1. The number of likely N-dealkylation sites (N-methyl/N-ethyl adjacent to an activating group) is 1. The average Bonchev–Trinajstić information content (AvgIpc) is 2.65. The van der Waals surface area contributed by atoms with Crippen molar-refractivity contribution in [2.24, 2.45) is 5.16 Å². The van der Waals surface area contributed by atoms with Crippen LogP contribution in [0.4, 0.5) is 0 Å². The van der Waals surface area contributed by atoms with Crippen LogP contribution in [0.2, 0.25) is 0 Å². The number of aromatic nitrogens is 1. The molecular weight excluding hydrogens is 238 g/mol. The minimum atomic E-state index is 0.680. The van der Waals surface area contributed by atoms with Gasteiger partial charge in [0.05, 0.1) is 32.0 Å². The molecule has 4 nitrogen and oxygen atoms in total. The minimum absolute atomic E-state index is 0.680. The molecule has 0 atom stereocenters. The zero-order valence-electron chi connectivity index (χ0n) is 11.8. The van der Waals surface area contributed by atoms with E-state index in [1.54, 1.807) is 12.4 Å². The van der Waals surface area contributed by atoms with Crippen LogP contribution < -0.4 is 0 Å². The van der Waals surface area contributed by atoms with Crippen LogP contribution in [-0.2, 0) is 4.84 Å². The highest BCUT2D eigenvalue weighted by Crippen LogP contribution is 2.15. The summed E-state index contributed by atoms with van der Waals surface area (Å²) in [6, 6.07) is 5.75. The highest BCUT2D eigenvalue weighted by atomic mass is 16.6. The second-order valence-electron chi connectivity index (χ2n) is 5.53. The van der Waals surface area contributed by atoms with E-state index < -0.39 is 0 Å². The molecule has 104 valence electrons. The Morgan fingerprint density at radius 2 is 2.05 bits per heavy atom. The van der Waals surface area contributed by atoms with Gasteiger partial charge in [0.25, 0.3) is 0 Å². The van der Waals surface area contributed by atoms with E-state index in [4.69, 9.17) is 4.84 Å². The first-order chi connectivity index (χ1) is 9.29. The first-order valence-electron chi connectivity index (χ1n) is 7.18. The Balaban J connectivity index is 1.70. The fourth-order valence-corrected chi connectivity index (χ4v) is 2.53. The summed E-state index contributed by atoms with van der Waals surface area (Å²) in [5.74, 6) is 0. The summed E-state index contributed by atoms with van der Waals surface area (Å²) in [7, 11) is 2.33. The quantitative estimate of drug-likeness (QED) is 0.353. The van der Waals surface area contributed by atoms with Gasteiger partial charge in [-0.3, -0.25) is 4.98 Å². The minimum Gasteiger partial charge on any atom is -0.390 e. The van der Waals surface area contributed by atoms with Crippen LogP contribution in [0, 0.1) is 0 Å². The summed E-state index contributed by atoms with van der Waals surface area (Å²) in [5.41, 5.74) is 0.831. The molecule has 0 amide bonds. The van der Waals surface area contributed by atoms with Gasteiger partial charge in [-0.15, -0.1) is 0 Å². The maximum atomic E-state index is 5.36. The molecule has 19 heavy (non-hydrogen) atoms. The van der Waals surface area contributed by atoms with Gasteiger partial charge < -0.3 is 9.32 Å². The van der Waals surface area contributed by atoms with Crippen molar-refractivity contribution in [2.45, 2.75) is 25.7 Å². The molecule has 1 aromatic heterocycles. The lowest BCUT2D eigenvalue weighted by Crippen LogP contribution is -2.46. The van der Waals surface area contributed by atoms with Gasteiger partial charge in [-0.1, -0.05) is 11.2 Å². The third-order valence-corrected chi connectivity index (χ3v) is 3.82. The summed E-state index contributed by atoms with van der Waals surface area (Å²) < 4.78 is 1.12. The molecule has 2 rings (SSSR count). The topological polar surface area (TPSA) is 34.5 Å². The highest BCUT2D eigenvalue weighted by Gasteiger charge is 2.22. The normalized spacial score (nSPS) is 19.2. The molecule has 0 aliphatic carbocycles. The molecule has 1 saturated heterocycles. The summed E-state index contributed by atoms with van der Waals surface area (Å²) in [6.07, 6.45) is 8.87. The zero-order chi connectivity index (χ0) is 13.4. The van der Waals surface area contributed by atoms with Crippen LogP contribution in [0.1, 0.15) is 31.4 Å². The van der Waals surface area contributed by atoms with E-state index in [1.165, 1.54) is 38.8 Å². The van der Waals surface area contributed by atoms with E-state index in [1.807, 2.05) is 18.2 Å². The molecule has 1 aliphatic rings. The van der Waals surface area contributed by atoms with Gasteiger partial charge >= 0.3 is 0 Å². The van der Waals surface area contributed by atoms with Gasteiger partial charge in [-0.25, -0.2) is 0 Å². The number of hydrogen-bond acceptors (Lipinski definition) is 3. The second-order valence-corrected chi connectivity index (χ2v) is 5.53. The summed E-state index contributed by atoms with van der Waals surface area (Å²) in [6.45, 7) is 4.26. The van der Waals surface area contributed by atoms with E-state index >= 15 is 0 Å². The van der Waals surface area contributed by atoms with Crippen LogP contribution >= 0.6 is 0 Å². The van der Waals surface area contributed by atoms with Crippen LogP contribution in [0.5, 0.6) is 0 Å². The molecule has 1 aromatic rings. The Labute approximate surface area is 115 Å². The second kappa shape index (κ2) is 7.24. The Morgan fingerprint density at radius 3 is 2.74 bits per heavy atom. The van der Waals surface area contributed by atoms with Crippen molar-refractivity contribution in [3.8, 4) is 0 Å². The lowest BCUT2D eigenvalue weighted by atomic mass is 10.2. The van der Waals surface area contributed by atoms with Crippen LogP contribution in [0.15, 0.2) is 29.6 Å². The molecule has 1 fully saturated rings. The van der Waals surface area contributed by atoms with Crippen LogP contribution in [0.25, 0.3) is 0 Å². The lowest BCUT2D eigenvalue weighted by molar-refractivity contribution is -0.909. The number of rotatable bonds is 5. The van der Waals surface area contributed by atoms with Crippen molar-refractivity contribution in [3.05, 3.63) is 30.1 Å². The van der Waals surface area contributed by atoms with Crippen molar-refractivity contribution >= 4 is 6.21 Å². The number of likely N-dealkylation sites (tertiary alicyclic amines) is 1. The van der Waals surface area contributed by atoms with E-state index in [2.05, 4.69) is 17.2 Å². The van der Waals surface area contributed by atoms with Crippen molar-refractivity contribution in [1.82, 2.24) is 4.98 Å². The number of nitrogens with zero attached hydrogens (tertiary/aromatic N) is 3. The third-order valence-electron chi connectivity index (χ3n) is 3.82. The summed E-state index contributed by atoms with van der Waals surface area (Å²) in [4.78, 5) is 9.52. The van der Waals surface area contributed by atoms with Crippen molar-refractivity contribution in [2.75, 3.05) is 33.3 Å². The van der Waals surface area contributed by atoms with Crippen molar-refractivity contribution in [1.29, 1.82) is 0 Å². The smallest absolute Gasteiger partial charge is 0.165 e. The van der Waals surface area contributed by atoms with Crippen molar-refractivity contribution in [3.63, 3.8) is 0 Å². The predicted molar refractivity (Wildman–Crippen MR) is 77.0 cm³/mol.